The van der Waals surface area contributed by atoms with E-state index in [1.165, 1.54) is 12.1 Å². The maximum atomic E-state index is 12.6. The third-order valence-electron chi connectivity index (χ3n) is 5.68. The van der Waals surface area contributed by atoms with Crippen molar-refractivity contribution in [2.75, 3.05) is 0 Å². The molecule has 35 heavy (non-hydrogen) atoms. The van der Waals surface area contributed by atoms with Gasteiger partial charge in [-0.15, -0.1) is 0 Å². The quantitative estimate of drug-likeness (QED) is 0.245. The maximum absolute atomic E-state index is 12.6. The largest absolute Gasteiger partial charge is 0.489 e. The Labute approximate surface area is 207 Å². The van der Waals surface area contributed by atoms with Crippen LogP contribution < -0.4 is 21.0 Å². The second-order valence-electron chi connectivity index (χ2n) is 8.06. The molecule has 1 fully saturated rings. The van der Waals surface area contributed by atoms with Crippen molar-refractivity contribution < 1.29 is 14.5 Å². The number of ether oxygens (including phenoxy) is 1. The Morgan fingerprint density at radius 3 is 2.51 bits per heavy atom. The van der Waals surface area contributed by atoms with Crippen molar-refractivity contribution in [1.29, 1.82) is 0 Å². The van der Waals surface area contributed by atoms with E-state index in [1.807, 2.05) is 48.5 Å². The monoisotopic (exact) mass is 493 g/mol. The van der Waals surface area contributed by atoms with Gasteiger partial charge in [-0.05, 0) is 54.8 Å². The van der Waals surface area contributed by atoms with Gasteiger partial charge in [-0.3, -0.25) is 14.9 Å². The molecule has 0 aromatic heterocycles. The fraction of sp³-hybridized carbons (Fsp3) is 0.200. The molecule has 3 aromatic carbocycles. The average molecular weight is 494 g/mol. The Morgan fingerprint density at radius 1 is 1.11 bits per heavy atom. The molecule has 2 atom stereocenters. The summed E-state index contributed by atoms with van der Waals surface area (Å²) in [4.78, 5) is 22.9. The summed E-state index contributed by atoms with van der Waals surface area (Å²) in [6.45, 7) is 2.10. The highest BCUT2D eigenvalue weighted by atomic mass is 35.5. The van der Waals surface area contributed by atoms with Gasteiger partial charge in [0.15, 0.2) is 0 Å². The molecule has 1 heterocycles. The third kappa shape index (κ3) is 6.21. The number of hydrogen-bond acceptors (Lipinski definition) is 7. The molecular formula is C25H24ClN5O4. The van der Waals surface area contributed by atoms with E-state index in [1.54, 1.807) is 19.1 Å². The molecule has 3 N–H and O–H groups in total. The lowest BCUT2D eigenvalue weighted by Gasteiger charge is -2.12. The minimum atomic E-state index is -0.468. The summed E-state index contributed by atoms with van der Waals surface area (Å²) in [5.74, 6) is 0.450. The summed E-state index contributed by atoms with van der Waals surface area (Å²) in [5, 5.41) is 15.6. The third-order valence-corrected chi connectivity index (χ3v) is 6.05. The van der Waals surface area contributed by atoms with Gasteiger partial charge in [0.1, 0.15) is 18.4 Å². The first-order valence-electron chi connectivity index (χ1n) is 11.0. The van der Waals surface area contributed by atoms with E-state index >= 15 is 0 Å². The Morgan fingerprint density at radius 2 is 1.83 bits per heavy atom. The first kappa shape index (κ1) is 24.3. The zero-order valence-corrected chi connectivity index (χ0v) is 19.7. The molecule has 0 spiro atoms. The number of halogens is 1. The van der Waals surface area contributed by atoms with Crippen molar-refractivity contribution in [3.63, 3.8) is 0 Å². The number of hydrazone groups is 1. The van der Waals surface area contributed by atoms with Gasteiger partial charge in [-0.1, -0.05) is 41.9 Å². The number of amides is 1. The normalized spacial score (nSPS) is 17.7. The number of hydrogen-bond donors (Lipinski definition) is 3. The molecule has 0 aliphatic carbocycles. The van der Waals surface area contributed by atoms with Crippen molar-refractivity contribution >= 4 is 28.9 Å². The lowest BCUT2D eigenvalue weighted by molar-refractivity contribution is -0.384. The van der Waals surface area contributed by atoms with Gasteiger partial charge in [0, 0.05) is 28.8 Å². The van der Waals surface area contributed by atoms with Crippen molar-refractivity contribution in [1.82, 2.24) is 16.3 Å². The number of hydrazine groups is 1. The SMILES string of the molecule is C/C(=N\NC(=O)C1CC(c2ccc(OCc3ccccc3Cl)cc2)NN1)c1ccc([N+](=O)[O-])cc1. The van der Waals surface area contributed by atoms with Crippen LogP contribution in [0, 0.1) is 10.1 Å². The maximum Gasteiger partial charge on any atom is 0.269 e. The van der Waals surface area contributed by atoms with Gasteiger partial charge in [-0.2, -0.15) is 5.10 Å². The highest BCUT2D eigenvalue weighted by molar-refractivity contribution is 6.31. The fourth-order valence-corrected chi connectivity index (χ4v) is 3.82. The summed E-state index contributed by atoms with van der Waals surface area (Å²) in [6.07, 6.45) is 0.539. The van der Waals surface area contributed by atoms with Gasteiger partial charge in [0.2, 0.25) is 0 Å². The van der Waals surface area contributed by atoms with Crippen molar-refractivity contribution in [3.05, 3.63) is 105 Å². The Kier molecular flexibility index (Phi) is 7.71. The molecule has 4 rings (SSSR count). The van der Waals surface area contributed by atoms with E-state index in [0.29, 0.717) is 29.3 Å². The molecular weight excluding hydrogens is 470 g/mol. The summed E-state index contributed by atoms with van der Waals surface area (Å²) in [7, 11) is 0. The summed E-state index contributed by atoms with van der Waals surface area (Å²) < 4.78 is 5.83. The first-order chi connectivity index (χ1) is 16.9. The number of nitro groups is 1. The molecule has 0 saturated carbocycles. The van der Waals surface area contributed by atoms with Crippen molar-refractivity contribution in [2.45, 2.75) is 32.0 Å². The zero-order chi connectivity index (χ0) is 24.8. The molecule has 1 saturated heterocycles. The minimum absolute atomic E-state index is 0.00181. The predicted octanol–water partition coefficient (Wildman–Crippen LogP) is 4.28. The minimum Gasteiger partial charge on any atom is -0.489 e. The van der Waals surface area contributed by atoms with Crippen LogP contribution in [0.15, 0.2) is 77.9 Å². The summed E-state index contributed by atoms with van der Waals surface area (Å²) in [6, 6.07) is 20.7. The van der Waals surface area contributed by atoms with Crippen LogP contribution in [0.1, 0.15) is 36.1 Å². The fourth-order valence-electron chi connectivity index (χ4n) is 3.63. The van der Waals surface area contributed by atoms with Crippen LogP contribution in [0.25, 0.3) is 0 Å². The first-order valence-corrected chi connectivity index (χ1v) is 11.3. The van der Waals surface area contributed by atoms with Gasteiger partial charge >= 0.3 is 0 Å². The van der Waals surface area contributed by atoms with Crippen LogP contribution in [-0.4, -0.2) is 22.6 Å². The molecule has 1 aliphatic heterocycles. The van der Waals surface area contributed by atoms with E-state index in [4.69, 9.17) is 16.3 Å². The van der Waals surface area contributed by atoms with Crippen LogP contribution in [0.4, 0.5) is 5.69 Å². The standard InChI is InChI=1S/C25H24ClN5O4/c1-16(17-6-10-20(11-7-17)31(33)34)27-30-25(32)24-14-23(28-29-24)18-8-12-21(13-9-18)35-15-19-4-2-3-5-22(19)26/h2-13,23-24,28-29H,14-15H2,1H3,(H,30,32)/b27-16+. The average Bonchev–Trinajstić information content (AvgIpc) is 3.37. The Hall–Kier alpha value is -3.79. The van der Waals surface area contributed by atoms with Crippen LogP contribution in [0.5, 0.6) is 5.75 Å². The van der Waals surface area contributed by atoms with Gasteiger partial charge in [0.05, 0.1) is 10.6 Å². The number of benzene rings is 3. The Balaban J connectivity index is 1.28. The molecule has 0 radical (unpaired) electrons. The molecule has 1 amide bonds. The number of non-ortho nitro benzene ring substituents is 1. The number of nitrogens with one attached hydrogen (secondary N) is 3. The van der Waals surface area contributed by atoms with Crippen molar-refractivity contribution in [2.24, 2.45) is 5.10 Å². The second kappa shape index (κ2) is 11.1. The highest BCUT2D eigenvalue weighted by Crippen LogP contribution is 2.25. The van der Waals surface area contributed by atoms with E-state index < -0.39 is 11.0 Å². The highest BCUT2D eigenvalue weighted by Gasteiger charge is 2.30. The van der Waals surface area contributed by atoms with Crippen molar-refractivity contribution in [3.8, 4) is 5.75 Å². The summed E-state index contributed by atoms with van der Waals surface area (Å²) in [5.41, 5.74) is 11.9. The van der Waals surface area contributed by atoms with Gasteiger partial charge in [0.25, 0.3) is 11.6 Å². The lowest BCUT2D eigenvalue weighted by atomic mass is 10.0. The van der Waals surface area contributed by atoms with E-state index in [-0.39, 0.29) is 17.6 Å². The van der Waals surface area contributed by atoms with Crippen LogP contribution in [0.2, 0.25) is 5.02 Å². The van der Waals surface area contributed by atoms with E-state index in [0.717, 1.165) is 16.9 Å². The lowest BCUT2D eigenvalue weighted by Crippen LogP contribution is -2.41. The van der Waals surface area contributed by atoms with Crippen LogP contribution >= 0.6 is 11.6 Å². The molecule has 2 unspecified atom stereocenters. The smallest absolute Gasteiger partial charge is 0.269 e. The molecule has 180 valence electrons. The van der Waals surface area contributed by atoms with E-state index in [9.17, 15) is 14.9 Å². The van der Waals surface area contributed by atoms with Crippen LogP contribution in [-0.2, 0) is 11.4 Å². The van der Waals surface area contributed by atoms with E-state index in [2.05, 4.69) is 21.4 Å². The number of nitrogens with zero attached hydrogens (tertiary/aromatic N) is 2. The summed E-state index contributed by atoms with van der Waals surface area (Å²) >= 11 is 6.17. The van der Waals surface area contributed by atoms with Gasteiger partial charge < -0.3 is 4.74 Å². The Bertz CT molecular complexity index is 1230. The topological polar surface area (TPSA) is 118 Å². The number of nitro benzene ring substituents is 1. The number of carbonyl (C=O) groups excluding carboxylic acids is 1. The van der Waals surface area contributed by atoms with Gasteiger partial charge in [-0.25, -0.2) is 16.3 Å². The number of carbonyl (C=O) groups is 1. The van der Waals surface area contributed by atoms with Crippen LogP contribution in [0.3, 0.4) is 0 Å². The zero-order valence-electron chi connectivity index (χ0n) is 18.9. The molecule has 9 nitrogen and oxygen atoms in total. The molecule has 1 aliphatic rings. The molecule has 10 heteroatoms. The number of rotatable bonds is 8. The second-order valence-corrected chi connectivity index (χ2v) is 8.46. The molecule has 0 bridgehead atoms. The molecule has 3 aromatic rings. The predicted molar refractivity (Wildman–Crippen MR) is 133 cm³/mol.